The van der Waals surface area contributed by atoms with Crippen molar-refractivity contribution in [3.8, 4) is 0 Å². The molecule has 0 aromatic carbocycles. The lowest BCUT2D eigenvalue weighted by molar-refractivity contribution is -0.457. The van der Waals surface area contributed by atoms with E-state index < -0.39 is 0 Å². The third-order valence-corrected chi connectivity index (χ3v) is 1.75. The quantitative estimate of drug-likeness (QED) is 0.325. The Balaban J connectivity index is 3.26. The monoisotopic (exact) mass is 183 g/mol. The molecule has 0 heterocycles. The van der Waals surface area contributed by atoms with E-state index in [9.17, 15) is 4.79 Å². The molecule has 0 spiro atoms. The van der Waals surface area contributed by atoms with Crippen LogP contribution < -0.4 is 10.7 Å². The Morgan fingerprint density at radius 3 is 2.69 bits per heavy atom. The van der Waals surface area contributed by atoms with Gasteiger partial charge in [0.25, 0.3) is 5.84 Å². The first-order valence-electron chi connectivity index (χ1n) is 4.65. The second-order valence-corrected chi connectivity index (χ2v) is 3.10. The molecule has 0 aromatic heterocycles. The zero-order chi connectivity index (χ0) is 10.1. The Morgan fingerprint density at radius 2 is 2.15 bits per heavy atom. The van der Waals surface area contributed by atoms with Gasteiger partial charge in [0.2, 0.25) is 0 Å². The molecule has 0 fully saturated rings. The standard InChI is InChI=1S/C10H18N2O/c1-3-10(11)12-8-6-4-5-7-9(2)13/h3H,1,4-8H2,2H3,(H2,11,12)/p+1. The van der Waals surface area contributed by atoms with Crippen molar-refractivity contribution in [2.75, 3.05) is 6.54 Å². The molecule has 3 nitrogen and oxygen atoms in total. The summed E-state index contributed by atoms with van der Waals surface area (Å²) in [4.78, 5) is 13.6. The number of hydrogen-bond acceptors (Lipinski definition) is 1. The summed E-state index contributed by atoms with van der Waals surface area (Å²) in [6.07, 6.45) is 5.38. The topological polar surface area (TPSA) is 57.1 Å². The van der Waals surface area contributed by atoms with Gasteiger partial charge in [-0.05, 0) is 26.2 Å². The molecule has 0 aromatic rings. The highest BCUT2D eigenvalue weighted by Gasteiger charge is 1.94. The number of carbonyl (C=O) groups is 1. The van der Waals surface area contributed by atoms with Gasteiger partial charge in [-0.1, -0.05) is 6.58 Å². The lowest BCUT2D eigenvalue weighted by atomic mass is 10.1. The number of unbranched alkanes of at least 4 members (excludes halogenated alkanes) is 2. The van der Waals surface area contributed by atoms with Gasteiger partial charge < -0.3 is 4.79 Å². The predicted molar refractivity (Wildman–Crippen MR) is 54.4 cm³/mol. The van der Waals surface area contributed by atoms with Gasteiger partial charge >= 0.3 is 0 Å². The van der Waals surface area contributed by atoms with Crippen LogP contribution in [0.3, 0.4) is 0 Å². The number of amidine groups is 1. The second-order valence-electron chi connectivity index (χ2n) is 3.10. The van der Waals surface area contributed by atoms with Crippen LogP contribution in [-0.4, -0.2) is 18.2 Å². The molecule has 0 saturated carbocycles. The molecular formula is C10H19N2O+. The zero-order valence-electron chi connectivity index (χ0n) is 8.31. The molecule has 74 valence electrons. The average molecular weight is 183 g/mol. The van der Waals surface area contributed by atoms with Gasteiger partial charge in [-0.3, -0.25) is 10.7 Å². The third kappa shape index (κ3) is 8.79. The maximum atomic E-state index is 10.6. The van der Waals surface area contributed by atoms with Gasteiger partial charge in [0.05, 0.1) is 6.54 Å². The molecule has 0 amide bonds. The Kier molecular flexibility index (Phi) is 6.88. The van der Waals surface area contributed by atoms with E-state index >= 15 is 0 Å². The summed E-state index contributed by atoms with van der Waals surface area (Å²) in [7, 11) is 0. The predicted octanol–water partition coefficient (Wildman–Crippen LogP) is -0.240. The van der Waals surface area contributed by atoms with E-state index in [0.29, 0.717) is 12.3 Å². The molecule has 0 bridgehead atoms. The molecule has 0 unspecified atom stereocenters. The normalized spacial score (nSPS) is 11.3. The Morgan fingerprint density at radius 1 is 1.46 bits per heavy atom. The molecule has 0 rings (SSSR count). The van der Waals surface area contributed by atoms with Gasteiger partial charge in [-0.15, -0.1) is 0 Å². The van der Waals surface area contributed by atoms with Gasteiger partial charge in [0, 0.05) is 12.5 Å². The van der Waals surface area contributed by atoms with Crippen molar-refractivity contribution in [3.05, 3.63) is 12.7 Å². The lowest BCUT2D eigenvalue weighted by Crippen LogP contribution is -2.74. The number of ketones is 1. The highest BCUT2D eigenvalue weighted by Crippen LogP contribution is 1.97. The smallest absolute Gasteiger partial charge is 0.264 e. The van der Waals surface area contributed by atoms with E-state index in [1.54, 1.807) is 13.0 Å². The molecule has 0 aliphatic rings. The largest absolute Gasteiger partial charge is 0.300 e. The Bertz CT molecular complexity index is 197. The van der Waals surface area contributed by atoms with Crippen LogP contribution in [0.2, 0.25) is 0 Å². The lowest BCUT2D eigenvalue weighted by Gasteiger charge is -1.94. The van der Waals surface area contributed by atoms with Crippen molar-refractivity contribution < 1.29 is 9.79 Å². The molecule has 3 heteroatoms. The molecule has 0 saturated heterocycles. The highest BCUT2D eigenvalue weighted by atomic mass is 16.1. The van der Waals surface area contributed by atoms with Crippen molar-refractivity contribution >= 4 is 11.6 Å². The van der Waals surface area contributed by atoms with Gasteiger partial charge in [0.15, 0.2) is 0 Å². The number of nitrogens with one attached hydrogen (secondary N) is 1. The van der Waals surface area contributed by atoms with E-state index in [1.807, 2.05) is 0 Å². The van der Waals surface area contributed by atoms with E-state index in [-0.39, 0.29) is 5.78 Å². The number of nitrogens with two attached hydrogens (primary N) is 1. The van der Waals surface area contributed by atoms with Gasteiger partial charge in [-0.25, -0.2) is 0 Å². The van der Waals surface area contributed by atoms with Crippen molar-refractivity contribution in [2.45, 2.75) is 32.6 Å². The zero-order valence-corrected chi connectivity index (χ0v) is 8.31. The van der Waals surface area contributed by atoms with E-state index in [1.165, 1.54) is 0 Å². The molecule has 13 heavy (non-hydrogen) atoms. The highest BCUT2D eigenvalue weighted by molar-refractivity contribution is 5.85. The minimum absolute atomic E-state index is 0.269. The van der Waals surface area contributed by atoms with E-state index in [0.717, 1.165) is 25.8 Å². The summed E-state index contributed by atoms with van der Waals surface area (Å²) in [6, 6.07) is 0. The molecule has 3 N–H and O–H groups in total. The van der Waals surface area contributed by atoms with Crippen LogP contribution >= 0.6 is 0 Å². The first-order valence-corrected chi connectivity index (χ1v) is 4.65. The number of hydrogen-bond donors (Lipinski definition) is 2. The Hall–Kier alpha value is -1.12. The molecule has 0 aliphatic heterocycles. The maximum Gasteiger partial charge on any atom is 0.264 e. The van der Waals surface area contributed by atoms with Crippen LogP contribution in [0.5, 0.6) is 0 Å². The summed E-state index contributed by atoms with van der Waals surface area (Å²) < 4.78 is 0. The summed E-state index contributed by atoms with van der Waals surface area (Å²) in [5.74, 6) is 0.886. The number of Topliss-reactive ketones (excluding diaryl/α,β-unsaturated/α-hetero) is 1. The fourth-order valence-corrected chi connectivity index (χ4v) is 0.981. The summed E-state index contributed by atoms with van der Waals surface area (Å²) in [5, 5.41) is 0. The summed E-state index contributed by atoms with van der Waals surface area (Å²) >= 11 is 0. The van der Waals surface area contributed by atoms with Crippen LogP contribution in [0.25, 0.3) is 0 Å². The van der Waals surface area contributed by atoms with Gasteiger partial charge in [-0.2, -0.15) is 0 Å². The maximum absolute atomic E-state index is 10.6. The first-order chi connectivity index (χ1) is 6.16. The minimum Gasteiger partial charge on any atom is -0.300 e. The average Bonchev–Trinajstić information content (AvgIpc) is 2.10. The van der Waals surface area contributed by atoms with Crippen molar-refractivity contribution in [1.82, 2.24) is 0 Å². The van der Waals surface area contributed by atoms with Crippen molar-refractivity contribution in [1.29, 1.82) is 0 Å². The minimum atomic E-state index is 0.269. The summed E-state index contributed by atoms with van der Waals surface area (Å²) in [5.41, 5.74) is 5.47. The fourth-order valence-electron chi connectivity index (χ4n) is 0.981. The second kappa shape index (κ2) is 7.53. The molecule has 0 radical (unpaired) electrons. The first kappa shape index (κ1) is 11.9. The molecule has 0 atom stereocenters. The summed E-state index contributed by atoms with van der Waals surface area (Å²) in [6.45, 7) is 6.01. The SMILES string of the molecule is C=CC(N)=[NH+]CCCCCC(C)=O. The van der Waals surface area contributed by atoms with E-state index in [4.69, 9.17) is 5.73 Å². The molecule has 0 aliphatic carbocycles. The van der Waals surface area contributed by atoms with Crippen LogP contribution in [0, 0.1) is 0 Å². The van der Waals surface area contributed by atoms with Crippen LogP contribution in [0.1, 0.15) is 32.6 Å². The van der Waals surface area contributed by atoms with Crippen molar-refractivity contribution in [3.63, 3.8) is 0 Å². The number of carbonyl (C=O) groups excluding carboxylic acids is 1. The third-order valence-electron chi connectivity index (χ3n) is 1.75. The van der Waals surface area contributed by atoms with Crippen LogP contribution in [0.4, 0.5) is 0 Å². The van der Waals surface area contributed by atoms with Crippen LogP contribution in [0.15, 0.2) is 12.7 Å². The van der Waals surface area contributed by atoms with E-state index in [2.05, 4.69) is 11.6 Å². The van der Waals surface area contributed by atoms with Crippen molar-refractivity contribution in [2.24, 2.45) is 5.73 Å². The Labute approximate surface area is 79.7 Å². The fraction of sp³-hybridized carbons (Fsp3) is 0.600. The molecular weight excluding hydrogens is 164 g/mol. The number of rotatable bonds is 7. The van der Waals surface area contributed by atoms with Gasteiger partial charge in [0.1, 0.15) is 5.78 Å². The van der Waals surface area contributed by atoms with Crippen LogP contribution in [-0.2, 0) is 4.79 Å².